The molecule has 18 heavy (non-hydrogen) atoms. The van der Waals surface area contributed by atoms with Crippen LogP contribution in [0.1, 0.15) is 5.56 Å². The zero-order valence-corrected chi connectivity index (χ0v) is 9.97. The minimum Gasteiger partial charge on any atom is -0.328 e. The fraction of sp³-hybridized carbons (Fsp3) is 0.0667. The van der Waals surface area contributed by atoms with Crippen molar-refractivity contribution in [2.45, 2.75) is 6.92 Å². The van der Waals surface area contributed by atoms with Gasteiger partial charge in [-0.15, -0.1) is 0 Å². The average Bonchev–Trinajstić information content (AvgIpc) is 2.41. The van der Waals surface area contributed by atoms with Gasteiger partial charge in [0.25, 0.3) is 5.56 Å². The summed E-state index contributed by atoms with van der Waals surface area (Å²) in [6.07, 6.45) is 3.53. The highest BCUT2D eigenvalue weighted by molar-refractivity contribution is 5.84. The van der Waals surface area contributed by atoms with Gasteiger partial charge in [-0.05, 0) is 42.3 Å². The number of H-pyrrole nitrogens is 1. The molecule has 3 aromatic rings. The summed E-state index contributed by atoms with van der Waals surface area (Å²) in [5.74, 6) is 0. The van der Waals surface area contributed by atoms with Gasteiger partial charge in [0.2, 0.25) is 0 Å². The maximum Gasteiger partial charge on any atom is 0.250 e. The molecule has 0 saturated carbocycles. The summed E-state index contributed by atoms with van der Waals surface area (Å²) in [7, 11) is 0. The highest BCUT2D eigenvalue weighted by Gasteiger charge is 2.02. The number of benzene rings is 1. The van der Waals surface area contributed by atoms with Crippen molar-refractivity contribution in [1.29, 1.82) is 0 Å². The Morgan fingerprint density at radius 3 is 2.83 bits per heavy atom. The van der Waals surface area contributed by atoms with Crippen LogP contribution in [0.2, 0.25) is 0 Å². The summed E-state index contributed by atoms with van der Waals surface area (Å²) in [5.41, 5.74) is 3.75. The first-order valence-corrected chi connectivity index (χ1v) is 5.78. The molecule has 1 aromatic carbocycles. The van der Waals surface area contributed by atoms with Crippen LogP contribution >= 0.6 is 0 Å². The van der Waals surface area contributed by atoms with E-state index in [0.29, 0.717) is 0 Å². The molecule has 0 aliphatic carbocycles. The van der Waals surface area contributed by atoms with E-state index in [9.17, 15) is 4.79 Å². The number of nitrogens with one attached hydrogen (secondary N) is 1. The lowest BCUT2D eigenvalue weighted by molar-refractivity contribution is 1.18. The van der Waals surface area contributed by atoms with Crippen molar-refractivity contribution in [1.82, 2.24) is 9.97 Å². The second-order valence-corrected chi connectivity index (χ2v) is 4.31. The van der Waals surface area contributed by atoms with Gasteiger partial charge in [-0.1, -0.05) is 12.1 Å². The van der Waals surface area contributed by atoms with E-state index in [-0.39, 0.29) is 5.56 Å². The van der Waals surface area contributed by atoms with Crippen LogP contribution in [0.4, 0.5) is 0 Å². The molecule has 0 atom stereocenters. The van der Waals surface area contributed by atoms with Crippen LogP contribution in [0, 0.1) is 6.92 Å². The Labute approximate surface area is 104 Å². The topological polar surface area (TPSA) is 45.8 Å². The Hall–Kier alpha value is -2.42. The third-order valence-corrected chi connectivity index (χ3v) is 3.03. The number of pyridine rings is 2. The number of rotatable bonds is 1. The van der Waals surface area contributed by atoms with Gasteiger partial charge >= 0.3 is 0 Å². The first-order valence-electron chi connectivity index (χ1n) is 5.78. The highest BCUT2D eigenvalue weighted by atomic mass is 16.1. The summed E-state index contributed by atoms with van der Waals surface area (Å²) in [4.78, 5) is 18.4. The molecule has 3 nitrogen and oxygen atoms in total. The third kappa shape index (κ3) is 1.80. The molecule has 0 radical (unpaired) electrons. The van der Waals surface area contributed by atoms with Gasteiger partial charge in [0.1, 0.15) is 0 Å². The van der Waals surface area contributed by atoms with E-state index in [1.807, 2.05) is 37.3 Å². The van der Waals surface area contributed by atoms with Crippen molar-refractivity contribution < 1.29 is 0 Å². The lowest BCUT2D eigenvalue weighted by Crippen LogP contribution is -2.07. The highest BCUT2D eigenvalue weighted by Crippen LogP contribution is 2.22. The predicted molar refractivity (Wildman–Crippen MR) is 72.5 cm³/mol. The van der Waals surface area contributed by atoms with Crippen LogP contribution < -0.4 is 5.56 Å². The van der Waals surface area contributed by atoms with Crippen molar-refractivity contribution in [3.05, 3.63) is 64.7 Å². The summed E-state index contributed by atoms with van der Waals surface area (Å²) in [5, 5.41) is 1.10. The van der Waals surface area contributed by atoms with E-state index in [1.165, 1.54) is 0 Å². The summed E-state index contributed by atoms with van der Waals surface area (Å²) < 4.78 is 0. The van der Waals surface area contributed by atoms with Crippen LogP contribution in [0.3, 0.4) is 0 Å². The van der Waals surface area contributed by atoms with Crippen molar-refractivity contribution in [3.8, 4) is 11.1 Å². The smallest absolute Gasteiger partial charge is 0.250 e. The fourth-order valence-electron chi connectivity index (χ4n) is 2.02. The van der Waals surface area contributed by atoms with E-state index in [4.69, 9.17) is 0 Å². The molecule has 0 amide bonds. The number of aromatic nitrogens is 2. The minimum absolute atomic E-state index is 0.0406. The van der Waals surface area contributed by atoms with Crippen molar-refractivity contribution in [2.75, 3.05) is 0 Å². The molecule has 0 bridgehead atoms. The SMILES string of the molecule is Cc1cc(-c2ccc3ncccc3c2)c[nH]c1=O. The van der Waals surface area contributed by atoms with Gasteiger partial charge in [-0.25, -0.2) is 0 Å². The molecular formula is C15H12N2O. The molecule has 1 N–H and O–H groups in total. The molecule has 0 aliphatic rings. The van der Waals surface area contributed by atoms with E-state index in [2.05, 4.69) is 16.0 Å². The summed E-state index contributed by atoms with van der Waals surface area (Å²) >= 11 is 0. The third-order valence-electron chi connectivity index (χ3n) is 3.03. The van der Waals surface area contributed by atoms with Gasteiger partial charge in [-0.2, -0.15) is 0 Å². The van der Waals surface area contributed by atoms with E-state index < -0.39 is 0 Å². The van der Waals surface area contributed by atoms with Crippen molar-refractivity contribution >= 4 is 10.9 Å². The van der Waals surface area contributed by atoms with Crippen LogP contribution in [0.25, 0.3) is 22.0 Å². The number of nitrogens with zero attached hydrogens (tertiary/aromatic N) is 1. The summed E-state index contributed by atoms with van der Waals surface area (Å²) in [6.45, 7) is 1.81. The first-order chi connectivity index (χ1) is 8.74. The largest absolute Gasteiger partial charge is 0.328 e. The molecule has 88 valence electrons. The molecular weight excluding hydrogens is 224 g/mol. The molecule has 0 aliphatic heterocycles. The second-order valence-electron chi connectivity index (χ2n) is 4.31. The van der Waals surface area contributed by atoms with Gasteiger partial charge in [0.15, 0.2) is 0 Å². The Morgan fingerprint density at radius 2 is 2.00 bits per heavy atom. The molecule has 0 saturated heterocycles. The number of hydrogen-bond donors (Lipinski definition) is 1. The van der Waals surface area contributed by atoms with Crippen LogP contribution in [-0.4, -0.2) is 9.97 Å². The van der Waals surface area contributed by atoms with E-state index in [1.54, 1.807) is 12.4 Å². The van der Waals surface area contributed by atoms with Gasteiger partial charge < -0.3 is 4.98 Å². The fourth-order valence-corrected chi connectivity index (χ4v) is 2.02. The molecule has 0 unspecified atom stereocenters. The number of fused-ring (bicyclic) bond motifs is 1. The van der Waals surface area contributed by atoms with Crippen LogP contribution in [-0.2, 0) is 0 Å². The maximum atomic E-state index is 11.3. The quantitative estimate of drug-likeness (QED) is 0.706. The Balaban J connectivity index is 2.19. The zero-order chi connectivity index (χ0) is 12.5. The number of aryl methyl sites for hydroxylation is 1. The zero-order valence-electron chi connectivity index (χ0n) is 9.97. The Morgan fingerprint density at radius 1 is 1.11 bits per heavy atom. The van der Waals surface area contributed by atoms with Crippen molar-refractivity contribution in [2.24, 2.45) is 0 Å². The second kappa shape index (κ2) is 4.11. The maximum absolute atomic E-state index is 11.3. The molecule has 0 spiro atoms. The molecule has 0 fully saturated rings. The molecule has 2 heterocycles. The number of aromatic amines is 1. The van der Waals surface area contributed by atoms with Crippen LogP contribution in [0.5, 0.6) is 0 Å². The number of hydrogen-bond acceptors (Lipinski definition) is 2. The van der Waals surface area contributed by atoms with Crippen LogP contribution in [0.15, 0.2) is 53.6 Å². The Kier molecular flexibility index (Phi) is 2.45. The average molecular weight is 236 g/mol. The lowest BCUT2D eigenvalue weighted by Gasteiger charge is -2.04. The summed E-state index contributed by atoms with van der Waals surface area (Å²) in [6, 6.07) is 11.9. The minimum atomic E-state index is -0.0406. The molecule has 2 aromatic heterocycles. The van der Waals surface area contributed by atoms with Gasteiger partial charge in [0.05, 0.1) is 5.52 Å². The van der Waals surface area contributed by atoms with E-state index in [0.717, 1.165) is 27.6 Å². The van der Waals surface area contributed by atoms with E-state index >= 15 is 0 Å². The predicted octanol–water partition coefficient (Wildman–Crippen LogP) is 2.90. The van der Waals surface area contributed by atoms with Gasteiger partial charge in [-0.3, -0.25) is 9.78 Å². The molecule has 3 rings (SSSR count). The van der Waals surface area contributed by atoms with Gasteiger partial charge in [0, 0.05) is 23.3 Å². The molecule has 3 heteroatoms. The van der Waals surface area contributed by atoms with Crippen molar-refractivity contribution in [3.63, 3.8) is 0 Å². The first kappa shape index (κ1) is 10.7. The lowest BCUT2D eigenvalue weighted by atomic mass is 10.0. The normalized spacial score (nSPS) is 10.7. The monoisotopic (exact) mass is 236 g/mol. The standard InChI is InChI=1S/C15H12N2O/c1-10-7-13(9-17-15(10)18)11-4-5-14-12(8-11)3-2-6-16-14/h2-9H,1H3,(H,17,18). The Bertz CT molecular complexity index is 775.